The third kappa shape index (κ3) is 5.78. The van der Waals surface area contributed by atoms with E-state index < -0.39 is 5.82 Å². The molecule has 1 fully saturated rings. The molecule has 1 amide bonds. The second-order valence-electron chi connectivity index (χ2n) is 13.6. The largest absolute Gasteiger partial charge is 0.369 e. The van der Waals surface area contributed by atoms with Crippen LogP contribution in [0.1, 0.15) is 34.5 Å². The van der Waals surface area contributed by atoms with E-state index >= 15 is 0 Å². The van der Waals surface area contributed by atoms with Crippen molar-refractivity contribution in [2.75, 3.05) is 42.9 Å². The number of carbonyl (C=O) groups is 1. The van der Waals surface area contributed by atoms with Gasteiger partial charge in [-0.25, -0.2) is 14.4 Å². The third-order valence-electron chi connectivity index (χ3n) is 10.6. The van der Waals surface area contributed by atoms with E-state index in [2.05, 4.69) is 83.7 Å². The summed E-state index contributed by atoms with van der Waals surface area (Å²) in [5.41, 5.74) is 7.57. The Morgan fingerprint density at radius 1 is 0.925 bits per heavy atom. The van der Waals surface area contributed by atoms with E-state index in [9.17, 15) is 14.0 Å². The van der Waals surface area contributed by atoms with Gasteiger partial charge in [-0.1, -0.05) is 30.3 Å². The van der Waals surface area contributed by atoms with Gasteiger partial charge < -0.3 is 20.5 Å². The number of piperazine rings is 1. The van der Waals surface area contributed by atoms with Crippen LogP contribution in [-0.4, -0.2) is 72.8 Å². The zero-order valence-corrected chi connectivity index (χ0v) is 29.3. The number of nitrogens with one attached hydrogen (secondary N) is 3. The average molecular weight is 709 g/mol. The van der Waals surface area contributed by atoms with Crippen LogP contribution in [0.2, 0.25) is 0 Å². The highest BCUT2D eigenvalue weighted by Gasteiger charge is 2.25. The fourth-order valence-electron chi connectivity index (χ4n) is 7.74. The molecule has 9 rings (SSSR count). The molecule has 2 aliphatic heterocycles. The van der Waals surface area contributed by atoms with Crippen LogP contribution >= 0.6 is 0 Å². The second kappa shape index (κ2) is 13.0. The molecule has 4 aromatic heterocycles. The smallest absolute Gasteiger partial charge is 0.283 e. The van der Waals surface area contributed by atoms with Crippen molar-refractivity contribution in [3.05, 3.63) is 124 Å². The topological polar surface area (TPSA) is 129 Å². The third-order valence-corrected chi connectivity index (χ3v) is 10.6. The number of hydrogen-bond donors (Lipinski definition) is 3. The molecule has 266 valence electrons. The van der Waals surface area contributed by atoms with Crippen LogP contribution in [0, 0.1) is 5.82 Å². The summed E-state index contributed by atoms with van der Waals surface area (Å²) in [4.78, 5) is 47.3. The van der Waals surface area contributed by atoms with Gasteiger partial charge in [0, 0.05) is 86.2 Å². The highest BCUT2D eigenvalue weighted by molar-refractivity contribution is 6.10. The van der Waals surface area contributed by atoms with Gasteiger partial charge in [0.1, 0.15) is 11.2 Å². The minimum atomic E-state index is -0.425. The maximum absolute atomic E-state index is 14.4. The Balaban J connectivity index is 0.845. The van der Waals surface area contributed by atoms with Crippen molar-refractivity contribution in [2.24, 2.45) is 7.05 Å². The molecular formula is C40H37FN10O2. The molecule has 1 atom stereocenters. The summed E-state index contributed by atoms with van der Waals surface area (Å²) in [7, 11) is 1.78. The average Bonchev–Trinajstić information content (AvgIpc) is 3.61. The number of benzene rings is 3. The number of carbonyl (C=O) groups excluding carboxylic acids is 1. The molecule has 3 N–H and O–H groups in total. The van der Waals surface area contributed by atoms with Gasteiger partial charge in [0.2, 0.25) is 5.95 Å². The first-order valence-electron chi connectivity index (χ1n) is 17.8. The van der Waals surface area contributed by atoms with Crippen molar-refractivity contribution in [1.29, 1.82) is 0 Å². The number of pyridine rings is 1. The molecule has 0 spiro atoms. The van der Waals surface area contributed by atoms with Gasteiger partial charge in [-0.05, 0) is 78.6 Å². The number of fused-ring (bicyclic) bond motifs is 1. The quantitative estimate of drug-likeness (QED) is 0.192. The molecule has 1 unspecified atom stereocenters. The van der Waals surface area contributed by atoms with Crippen molar-refractivity contribution >= 4 is 45.2 Å². The number of aromatic amines is 1. The maximum atomic E-state index is 14.4. The van der Waals surface area contributed by atoms with Crippen molar-refractivity contribution in [3.63, 3.8) is 0 Å². The number of H-pyrrole nitrogens is 1. The summed E-state index contributed by atoms with van der Waals surface area (Å²) in [5.74, 6) is 0.263. The minimum Gasteiger partial charge on any atom is -0.369 e. The lowest BCUT2D eigenvalue weighted by molar-refractivity contribution is 0.0956. The zero-order valence-electron chi connectivity index (χ0n) is 29.3. The number of anilines is 3. The highest BCUT2D eigenvalue weighted by atomic mass is 19.1. The lowest BCUT2D eigenvalue weighted by atomic mass is 9.98. The van der Waals surface area contributed by atoms with E-state index in [0.29, 0.717) is 46.8 Å². The summed E-state index contributed by atoms with van der Waals surface area (Å²) >= 11 is 0. The van der Waals surface area contributed by atoms with Gasteiger partial charge in [-0.2, -0.15) is 9.67 Å². The van der Waals surface area contributed by atoms with Crippen LogP contribution in [0.3, 0.4) is 0 Å². The number of amides is 1. The molecule has 12 nitrogen and oxygen atoms in total. The van der Waals surface area contributed by atoms with Crippen LogP contribution < -0.4 is 21.1 Å². The Kier molecular flexibility index (Phi) is 7.99. The minimum absolute atomic E-state index is 0.220. The van der Waals surface area contributed by atoms with Crippen molar-refractivity contribution in [2.45, 2.75) is 19.4 Å². The van der Waals surface area contributed by atoms with Gasteiger partial charge in [-0.3, -0.25) is 19.2 Å². The maximum Gasteiger partial charge on any atom is 0.283 e. The predicted molar refractivity (Wildman–Crippen MR) is 204 cm³/mol. The number of hydrogen-bond acceptors (Lipinski definition) is 8. The molecule has 0 saturated carbocycles. The summed E-state index contributed by atoms with van der Waals surface area (Å²) in [6.07, 6.45) is 3.88. The van der Waals surface area contributed by atoms with E-state index in [1.54, 1.807) is 30.2 Å². The normalized spacial score (nSPS) is 15.5. The Labute approximate surface area is 303 Å². The Morgan fingerprint density at radius 2 is 1.72 bits per heavy atom. The molecule has 0 bridgehead atoms. The molecule has 53 heavy (non-hydrogen) atoms. The number of aromatic nitrogens is 6. The molecule has 2 aliphatic rings. The van der Waals surface area contributed by atoms with Crippen LogP contribution in [0.5, 0.6) is 0 Å². The zero-order chi connectivity index (χ0) is 36.2. The SMILES string of the molecule is CC(c1ccc(-c2[nH]c3cc(F)cc4c3c2CCNC4=O)cc1)N1CCN(c2ccc(Nc3ncc4c(=O)n(-c5ccccn5)n(C)c4n3)cc2)CC1. The van der Waals surface area contributed by atoms with E-state index in [0.717, 1.165) is 59.8 Å². The first-order chi connectivity index (χ1) is 25.8. The van der Waals surface area contributed by atoms with E-state index in [-0.39, 0.29) is 17.5 Å². The molecule has 1 saturated heterocycles. The lowest BCUT2D eigenvalue weighted by Gasteiger charge is -2.39. The predicted octanol–water partition coefficient (Wildman–Crippen LogP) is 5.71. The van der Waals surface area contributed by atoms with Gasteiger partial charge in [0.25, 0.3) is 11.5 Å². The fraction of sp³-hybridized carbons (Fsp3) is 0.225. The summed E-state index contributed by atoms with van der Waals surface area (Å²) in [6.45, 7) is 6.42. The van der Waals surface area contributed by atoms with Gasteiger partial charge in [-0.15, -0.1) is 0 Å². The molecule has 13 heteroatoms. The molecule has 0 radical (unpaired) electrons. The molecular weight excluding hydrogens is 672 g/mol. The molecule has 0 aliphatic carbocycles. The van der Waals surface area contributed by atoms with Crippen LogP contribution in [0.4, 0.5) is 21.7 Å². The Bertz CT molecular complexity index is 2550. The first-order valence-corrected chi connectivity index (χ1v) is 17.8. The van der Waals surface area contributed by atoms with Gasteiger partial charge in [0.05, 0.1) is 5.56 Å². The van der Waals surface area contributed by atoms with Crippen LogP contribution in [-0.2, 0) is 13.5 Å². The van der Waals surface area contributed by atoms with Crippen LogP contribution in [0.15, 0.2) is 96.1 Å². The fourth-order valence-corrected chi connectivity index (χ4v) is 7.74. The number of nitrogens with zero attached hydrogens (tertiary/aromatic N) is 7. The van der Waals surface area contributed by atoms with Gasteiger partial charge in [0.15, 0.2) is 11.5 Å². The summed E-state index contributed by atoms with van der Waals surface area (Å²) < 4.78 is 17.5. The van der Waals surface area contributed by atoms with E-state index in [1.807, 2.05) is 24.3 Å². The Morgan fingerprint density at radius 3 is 2.47 bits per heavy atom. The van der Waals surface area contributed by atoms with Crippen molar-refractivity contribution in [3.8, 4) is 17.1 Å². The standard InChI is InChI=1S/C40H37FN10O2/c1-24(25-6-8-26(9-7-25)36-30-14-16-43-38(52)31-21-27(41)22-33(46-36)35(30)31)49-17-19-50(20-18-49)29-12-10-28(11-13-29)45-40-44-23-32-37(47-40)48(2)51(39(32)53)34-5-3-4-15-42-34/h3-13,15,21-24,46H,14,16-20H2,1-2H3,(H,43,52)(H,44,45,47). The summed E-state index contributed by atoms with van der Waals surface area (Å²) in [6, 6.07) is 25.3. The van der Waals surface area contributed by atoms with E-state index in [4.69, 9.17) is 0 Å². The highest BCUT2D eigenvalue weighted by Crippen LogP contribution is 2.36. The van der Waals surface area contributed by atoms with Crippen molar-refractivity contribution < 1.29 is 9.18 Å². The summed E-state index contributed by atoms with van der Waals surface area (Å²) in [5, 5.41) is 7.41. The monoisotopic (exact) mass is 708 g/mol. The van der Waals surface area contributed by atoms with E-state index in [1.165, 1.54) is 22.4 Å². The molecule has 3 aromatic carbocycles. The molecule has 7 aromatic rings. The van der Waals surface area contributed by atoms with Crippen molar-refractivity contribution in [1.82, 2.24) is 39.5 Å². The van der Waals surface area contributed by atoms with Gasteiger partial charge >= 0.3 is 0 Å². The first kappa shape index (κ1) is 32.6. The lowest BCUT2D eigenvalue weighted by Crippen LogP contribution is -2.47. The number of rotatable bonds is 7. The molecule has 6 heterocycles. The van der Waals surface area contributed by atoms with Crippen LogP contribution in [0.25, 0.3) is 39.0 Å². The Hall–Kier alpha value is -6.34. The number of halogens is 1. The number of aryl methyl sites for hydroxylation is 1. The second-order valence-corrected chi connectivity index (χ2v) is 13.6.